The van der Waals surface area contributed by atoms with Gasteiger partial charge in [0.25, 0.3) is 11.9 Å². The molecule has 3 heterocycles. The third kappa shape index (κ3) is 7.79. The molecule has 2 aromatic heterocycles. The van der Waals surface area contributed by atoms with E-state index >= 15 is 0 Å². The second kappa shape index (κ2) is 12.8. The van der Waals surface area contributed by atoms with E-state index in [1.54, 1.807) is 0 Å². The Morgan fingerprint density at radius 3 is 2.50 bits per heavy atom. The number of amidine groups is 1. The fourth-order valence-corrected chi connectivity index (χ4v) is 3.09. The average Bonchev–Trinajstić information content (AvgIpc) is 3.53. The Bertz CT molecular complexity index is 1180. The van der Waals surface area contributed by atoms with Gasteiger partial charge in [0.2, 0.25) is 5.88 Å². The van der Waals surface area contributed by atoms with Crippen molar-refractivity contribution >= 4 is 23.6 Å². The zero-order valence-electron chi connectivity index (χ0n) is 20.0. The first-order valence-electron chi connectivity index (χ1n) is 11.4. The highest BCUT2D eigenvalue weighted by molar-refractivity contribution is 6.02. The molecule has 12 nitrogen and oxygen atoms in total. The van der Waals surface area contributed by atoms with Crippen LogP contribution in [0.4, 0.5) is 5.69 Å². The lowest BCUT2D eigenvalue weighted by Crippen LogP contribution is -2.12. The predicted molar refractivity (Wildman–Crippen MR) is 130 cm³/mol. The SMILES string of the molecule is CCOc1cnc(C(=O)O)cn1.CCc1nc(C(=O)Nc2ccc(CCC3COC(N)=N3)cc2)co1. The summed E-state index contributed by atoms with van der Waals surface area (Å²) in [6, 6.07) is 8.12. The maximum atomic E-state index is 12.1. The monoisotopic (exact) mass is 496 g/mol. The molecule has 36 heavy (non-hydrogen) atoms. The number of anilines is 1. The summed E-state index contributed by atoms with van der Waals surface area (Å²) in [7, 11) is 0. The van der Waals surface area contributed by atoms with Gasteiger partial charge in [-0.3, -0.25) is 4.79 Å². The number of carboxylic acid groups (broad SMARTS) is 1. The lowest BCUT2D eigenvalue weighted by atomic mass is 10.1. The first-order chi connectivity index (χ1) is 17.4. The highest BCUT2D eigenvalue weighted by Gasteiger charge is 2.16. The van der Waals surface area contributed by atoms with Crippen molar-refractivity contribution in [3.63, 3.8) is 0 Å². The summed E-state index contributed by atoms with van der Waals surface area (Å²) >= 11 is 0. The van der Waals surface area contributed by atoms with Crippen molar-refractivity contribution < 1.29 is 28.6 Å². The minimum atomic E-state index is -1.09. The summed E-state index contributed by atoms with van der Waals surface area (Å²) in [6.07, 6.45) is 6.23. The number of aliphatic imine (C=N–C) groups is 1. The number of rotatable bonds is 9. The molecule has 0 bridgehead atoms. The van der Waals surface area contributed by atoms with E-state index in [4.69, 9.17) is 24.7 Å². The molecule has 12 heteroatoms. The number of hydrogen-bond donors (Lipinski definition) is 3. The molecule has 3 aromatic rings. The van der Waals surface area contributed by atoms with E-state index in [-0.39, 0.29) is 29.4 Å². The zero-order chi connectivity index (χ0) is 25.9. The predicted octanol–water partition coefficient (Wildman–Crippen LogP) is 2.71. The van der Waals surface area contributed by atoms with E-state index in [1.165, 1.54) is 18.0 Å². The molecule has 0 fully saturated rings. The van der Waals surface area contributed by atoms with Crippen molar-refractivity contribution in [1.82, 2.24) is 15.0 Å². The van der Waals surface area contributed by atoms with Crippen molar-refractivity contribution in [1.29, 1.82) is 0 Å². The number of aromatic nitrogens is 3. The van der Waals surface area contributed by atoms with E-state index in [0.29, 0.717) is 31.4 Å². The van der Waals surface area contributed by atoms with Crippen LogP contribution in [0.3, 0.4) is 0 Å². The molecule has 4 rings (SSSR count). The summed E-state index contributed by atoms with van der Waals surface area (Å²) in [4.78, 5) is 38.1. The number of carboxylic acids is 1. The Morgan fingerprint density at radius 1 is 1.17 bits per heavy atom. The summed E-state index contributed by atoms with van der Waals surface area (Å²) in [5.41, 5.74) is 7.58. The highest BCUT2D eigenvalue weighted by Crippen LogP contribution is 2.15. The van der Waals surface area contributed by atoms with Gasteiger partial charge in [-0.1, -0.05) is 19.1 Å². The van der Waals surface area contributed by atoms with Crippen LogP contribution >= 0.6 is 0 Å². The summed E-state index contributed by atoms with van der Waals surface area (Å²) in [6.45, 7) is 4.77. The number of nitrogens with one attached hydrogen (secondary N) is 1. The Hall–Kier alpha value is -4.48. The maximum absolute atomic E-state index is 12.1. The van der Waals surface area contributed by atoms with Crippen LogP contribution in [0, 0.1) is 0 Å². The summed E-state index contributed by atoms with van der Waals surface area (Å²) < 4.78 is 15.3. The quantitative estimate of drug-likeness (QED) is 0.399. The van der Waals surface area contributed by atoms with Gasteiger partial charge in [0.1, 0.15) is 12.9 Å². The molecule has 4 N–H and O–H groups in total. The molecule has 1 amide bonds. The first-order valence-corrected chi connectivity index (χ1v) is 11.4. The Morgan fingerprint density at radius 2 is 1.94 bits per heavy atom. The van der Waals surface area contributed by atoms with Crippen LogP contribution in [-0.2, 0) is 17.6 Å². The molecular formula is C24H28N6O6. The van der Waals surface area contributed by atoms with E-state index in [2.05, 4.69) is 25.3 Å². The van der Waals surface area contributed by atoms with Crippen LogP contribution in [0.2, 0.25) is 0 Å². The molecule has 0 aliphatic carbocycles. The van der Waals surface area contributed by atoms with Crippen LogP contribution in [0.5, 0.6) is 5.88 Å². The number of carbonyl (C=O) groups is 2. The Labute approximate surface area is 207 Å². The molecule has 1 aliphatic rings. The third-order valence-electron chi connectivity index (χ3n) is 4.94. The van der Waals surface area contributed by atoms with E-state index in [1.807, 2.05) is 38.1 Å². The molecule has 0 saturated heterocycles. The largest absolute Gasteiger partial charge is 0.477 e. The number of benzene rings is 1. The minimum absolute atomic E-state index is 0.0848. The fourth-order valence-electron chi connectivity index (χ4n) is 3.09. The third-order valence-corrected chi connectivity index (χ3v) is 4.94. The van der Waals surface area contributed by atoms with Gasteiger partial charge in [0.15, 0.2) is 17.3 Å². The van der Waals surface area contributed by atoms with Crippen molar-refractivity contribution in [2.75, 3.05) is 18.5 Å². The maximum Gasteiger partial charge on any atom is 0.356 e. The molecule has 1 aliphatic heterocycles. The Balaban J connectivity index is 0.000000253. The fraction of sp³-hybridized carbons (Fsp3) is 0.333. The molecule has 0 saturated carbocycles. The number of nitrogens with two attached hydrogens (primary N) is 1. The summed E-state index contributed by atoms with van der Waals surface area (Å²) in [5.74, 6) is -0.484. The minimum Gasteiger partial charge on any atom is -0.477 e. The molecular weight excluding hydrogens is 468 g/mol. The van der Waals surface area contributed by atoms with Gasteiger partial charge in [0, 0.05) is 12.1 Å². The number of nitrogens with zero attached hydrogens (tertiary/aromatic N) is 4. The van der Waals surface area contributed by atoms with Gasteiger partial charge in [-0.2, -0.15) is 0 Å². The van der Waals surface area contributed by atoms with Gasteiger partial charge in [0.05, 0.1) is 25.0 Å². The number of carbonyl (C=O) groups excluding carboxylic acids is 1. The van der Waals surface area contributed by atoms with Crippen molar-refractivity contribution in [3.05, 3.63) is 65.8 Å². The number of ether oxygens (including phenoxy) is 2. The van der Waals surface area contributed by atoms with Gasteiger partial charge in [-0.05, 0) is 37.5 Å². The van der Waals surface area contributed by atoms with Crippen LogP contribution in [-0.4, -0.2) is 57.2 Å². The molecule has 1 atom stereocenters. The van der Waals surface area contributed by atoms with E-state index in [0.717, 1.165) is 24.7 Å². The number of amides is 1. The van der Waals surface area contributed by atoms with Crippen molar-refractivity contribution in [2.24, 2.45) is 10.7 Å². The van der Waals surface area contributed by atoms with Crippen molar-refractivity contribution in [3.8, 4) is 5.88 Å². The number of aromatic carboxylic acids is 1. The van der Waals surface area contributed by atoms with Gasteiger partial charge in [-0.25, -0.2) is 24.7 Å². The average molecular weight is 497 g/mol. The Kier molecular flexibility index (Phi) is 9.32. The molecule has 190 valence electrons. The number of oxazole rings is 1. The van der Waals surface area contributed by atoms with E-state index < -0.39 is 5.97 Å². The van der Waals surface area contributed by atoms with Gasteiger partial charge in [-0.15, -0.1) is 0 Å². The lowest BCUT2D eigenvalue weighted by Gasteiger charge is -2.07. The molecule has 1 aromatic carbocycles. The second-order valence-electron chi connectivity index (χ2n) is 7.58. The number of aryl methyl sites for hydroxylation is 2. The van der Waals surface area contributed by atoms with Crippen LogP contribution in [0.25, 0.3) is 0 Å². The molecule has 0 spiro atoms. The van der Waals surface area contributed by atoms with Crippen LogP contribution in [0.15, 0.2) is 52.3 Å². The van der Waals surface area contributed by atoms with Crippen LogP contribution in [0.1, 0.15) is 52.7 Å². The standard InChI is InChI=1S/C17H20N4O3.C7H8N2O3/c1-2-15-21-14(10-23-15)16(22)19-12-6-3-11(4-7-12)5-8-13-9-24-17(18)20-13;1-2-12-6-4-8-5(3-9-6)7(10)11/h3-4,6-7,10,13H,2,5,8-9H2,1H3,(H2,18,20)(H,19,22);3-4H,2H2,1H3,(H,10,11). The second-order valence-corrected chi connectivity index (χ2v) is 7.58. The lowest BCUT2D eigenvalue weighted by molar-refractivity contribution is 0.0689. The molecule has 0 radical (unpaired) electrons. The topological polar surface area (TPSA) is 175 Å². The molecule has 1 unspecified atom stereocenters. The normalized spacial score (nSPS) is 14.2. The highest BCUT2D eigenvalue weighted by atomic mass is 16.5. The van der Waals surface area contributed by atoms with Gasteiger partial charge >= 0.3 is 5.97 Å². The van der Waals surface area contributed by atoms with Gasteiger partial charge < -0.3 is 30.0 Å². The zero-order valence-corrected chi connectivity index (χ0v) is 20.0. The number of hydrogen-bond acceptors (Lipinski definition) is 10. The van der Waals surface area contributed by atoms with E-state index in [9.17, 15) is 9.59 Å². The van der Waals surface area contributed by atoms with Crippen molar-refractivity contribution in [2.45, 2.75) is 39.2 Å². The van der Waals surface area contributed by atoms with Crippen LogP contribution < -0.4 is 15.8 Å². The summed E-state index contributed by atoms with van der Waals surface area (Å²) in [5, 5.41) is 11.3. The first kappa shape index (κ1) is 26.1. The smallest absolute Gasteiger partial charge is 0.356 e.